The minimum Gasteiger partial charge on any atom is -0.396 e. The zero-order valence-electron chi connectivity index (χ0n) is 8.58. The number of carbonyl (C=O) groups excluding carboxylic acids is 1. The monoisotopic (exact) mass is 219 g/mol. The van der Waals surface area contributed by atoms with Crippen LogP contribution in [0.2, 0.25) is 0 Å². The molecule has 1 N–H and O–H groups in total. The molecule has 0 heterocycles. The van der Waals surface area contributed by atoms with Crippen LogP contribution in [0.1, 0.15) is 39.0 Å². The molecule has 0 aromatic heterocycles. The van der Waals surface area contributed by atoms with E-state index >= 15 is 0 Å². The van der Waals surface area contributed by atoms with Crippen LogP contribution in [0.4, 0.5) is 0 Å². The van der Waals surface area contributed by atoms with Gasteiger partial charge in [-0.05, 0) is 25.2 Å². The van der Waals surface area contributed by atoms with Gasteiger partial charge in [0.1, 0.15) is 0 Å². The number of rotatable bonds is 5. The Kier molecular flexibility index (Phi) is 4.69. The summed E-state index contributed by atoms with van der Waals surface area (Å²) in [4.78, 5) is 11.4. The Hall–Kier alpha value is -0.280. The van der Waals surface area contributed by atoms with Gasteiger partial charge in [-0.2, -0.15) is 0 Å². The minimum atomic E-state index is -0.0444. The lowest BCUT2D eigenvalue weighted by Gasteiger charge is -2.37. The second-order valence-corrected chi connectivity index (χ2v) is 4.19. The van der Waals surface area contributed by atoms with Crippen LogP contribution in [0.25, 0.3) is 0 Å². The number of nitrogens with zero attached hydrogens (tertiary/aromatic N) is 1. The highest BCUT2D eigenvalue weighted by molar-refractivity contribution is 6.21. The Labute approximate surface area is 90.1 Å². The van der Waals surface area contributed by atoms with E-state index in [1.807, 2.05) is 0 Å². The summed E-state index contributed by atoms with van der Waals surface area (Å²) in [5, 5.41) is 8.91. The normalized spacial score (nSPS) is 18.8. The van der Waals surface area contributed by atoms with Crippen molar-refractivity contribution >= 4 is 17.7 Å². The molecule has 0 aromatic carbocycles. The van der Waals surface area contributed by atoms with Crippen LogP contribution in [0.15, 0.2) is 0 Å². The quantitative estimate of drug-likeness (QED) is 0.718. The van der Waals surface area contributed by atoms with Gasteiger partial charge >= 0.3 is 0 Å². The zero-order chi connectivity index (χ0) is 10.6. The second-order valence-electron chi connectivity index (χ2n) is 3.83. The molecule has 0 bridgehead atoms. The van der Waals surface area contributed by atoms with Crippen molar-refractivity contribution in [3.05, 3.63) is 0 Å². The Morgan fingerprint density at radius 2 is 2.29 bits per heavy atom. The molecule has 3 nitrogen and oxygen atoms in total. The second kappa shape index (κ2) is 5.56. The standard InChI is InChI=1S/C10H18ClNO2/c1-2-10(14)12(11)9(6-7-13)8-4-3-5-8/h8-9,13H,2-7H2,1H3. The Morgan fingerprint density at radius 3 is 2.64 bits per heavy atom. The molecule has 82 valence electrons. The molecule has 1 saturated carbocycles. The van der Waals surface area contributed by atoms with Crippen LogP contribution in [0.5, 0.6) is 0 Å². The van der Waals surface area contributed by atoms with Crippen LogP contribution in [-0.4, -0.2) is 28.1 Å². The van der Waals surface area contributed by atoms with Crippen molar-refractivity contribution in [3.63, 3.8) is 0 Å². The van der Waals surface area contributed by atoms with E-state index in [0.29, 0.717) is 18.8 Å². The molecule has 0 spiro atoms. The molecule has 0 aliphatic heterocycles. The molecule has 0 saturated heterocycles. The molecule has 1 aliphatic rings. The third kappa shape index (κ3) is 2.61. The molecular weight excluding hydrogens is 202 g/mol. The van der Waals surface area contributed by atoms with Crippen molar-refractivity contribution in [2.24, 2.45) is 5.92 Å². The Morgan fingerprint density at radius 1 is 1.64 bits per heavy atom. The van der Waals surface area contributed by atoms with Gasteiger partial charge in [-0.25, -0.2) is 0 Å². The SMILES string of the molecule is CCC(=O)N(Cl)C(CCO)C1CCC1. The van der Waals surface area contributed by atoms with Gasteiger partial charge in [-0.3, -0.25) is 9.21 Å². The van der Waals surface area contributed by atoms with E-state index in [0.717, 1.165) is 12.8 Å². The maximum Gasteiger partial charge on any atom is 0.236 e. The number of carbonyl (C=O) groups is 1. The molecule has 14 heavy (non-hydrogen) atoms. The van der Waals surface area contributed by atoms with Crippen molar-refractivity contribution < 1.29 is 9.90 Å². The molecule has 0 radical (unpaired) electrons. The molecular formula is C10H18ClNO2. The van der Waals surface area contributed by atoms with Crippen molar-refractivity contribution in [1.82, 2.24) is 4.42 Å². The summed E-state index contributed by atoms with van der Waals surface area (Å²) >= 11 is 5.96. The van der Waals surface area contributed by atoms with Gasteiger partial charge in [0.25, 0.3) is 0 Å². The lowest BCUT2D eigenvalue weighted by atomic mass is 9.78. The van der Waals surface area contributed by atoms with Crippen LogP contribution < -0.4 is 0 Å². The predicted octanol–water partition coefficient (Wildman–Crippen LogP) is 1.93. The first kappa shape index (κ1) is 11.8. The van der Waals surface area contributed by atoms with Gasteiger partial charge in [-0.1, -0.05) is 13.3 Å². The number of halogens is 1. The Bertz CT molecular complexity index is 195. The summed E-state index contributed by atoms with van der Waals surface area (Å²) < 4.78 is 1.31. The highest BCUT2D eigenvalue weighted by Gasteiger charge is 2.32. The van der Waals surface area contributed by atoms with E-state index in [9.17, 15) is 4.79 Å². The number of amides is 1. The average molecular weight is 220 g/mol. The van der Waals surface area contributed by atoms with Gasteiger partial charge in [-0.15, -0.1) is 0 Å². The van der Waals surface area contributed by atoms with Gasteiger partial charge in [0.2, 0.25) is 5.91 Å². The van der Waals surface area contributed by atoms with E-state index in [2.05, 4.69) is 0 Å². The average Bonchev–Trinajstić information content (AvgIpc) is 2.12. The van der Waals surface area contributed by atoms with Gasteiger partial charge < -0.3 is 5.11 Å². The summed E-state index contributed by atoms with van der Waals surface area (Å²) in [6, 6.07) is 0.0304. The summed E-state index contributed by atoms with van der Waals surface area (Å²) in [7, 11) is 0. The molecule has 1 rings (SSSR count). The fourth-order valence-electron chi connectivity index (χ4n) is 1.83. The summed E-state index contributed by atoms with van der Waals surface area (Å²) in [6.07, 6.45) is 4.51. The summed E-state index contributed by atoms with van der Waals surface area (Å²) in [5.74, 6) is 0.451. The summed E-state index contributed by atoms with van der Waals surface area (Å²) in [6.45, 7) is 1.90. The van der Waals surface area contributed by atoms with Crippen molar-refractivity contribution in [2.45, 2.75) is 45.1 Å². The number of hydrogen-bond acceptors (Lipinski definition) is 2. The molecule has 1 unspecified atom stereocenters. The Balaban J connectivity index is 2.51. The van der Waals surface area contributed by atoms with Crippen molar-refractivity contribution in [1.29, 1.82) is 0 Å². The molecule has 1 fully saturated rings. The zero-order valence-corrected chi connectivity index (χ0v) is 9.33. The first-order valence-electron chi connectivity index (χ1n) is 5.29. The number of aliphatic hydroxyl groups excluding tert-OH is 1. The van der Waals surface area contributed by atoms with Crippen LogP contribution in [0, 0.1) is 5.92 Å². The molecule has 1 atom stereocenters. The third-order valence-electron chi connectivity index (χ3n) is 2.95. The maximum atomic E-state index is 11.4. The highest BCUT2D eigenvalue weighted by atomic mass is 35.5. The molecule has 1 amide bonds. The van der Waals surface area contributed by atoms with Gasteiger partial charge in [0.05, 0.1) is 6.04 Å². The first-order chi connectivity index (χ1) is 6.70. The third-order valence-corrected chi connectivity index (χ3v) is 3.39. The van der Waals surface area contributed by atoms with E-state index < -0.39 is 0 Å². The molecule has 0 aromatic rings. The predicted molar refractivity (Wildman–Crippen MR) is 55.8 cm³/mol. The highest BCUT2D eigenvalue weighted by Crippen LogP contribution is 2.34. The van der Waals surface area contributed by atoms with E-state index in [4.69, 9.17) is 16.9 Å². The topological polar surface area (TPSA) is 40.5 Å². The smallest absolute Gasteiger partial charge is 0.236 e. The van der Waals surface area contributed by atoms with Crippen LogP contribution in [-0.2, 0) is 4.79 Å². The summed E-state index contributed by atoms with van der Waals surface area (Å²) in [5.41, 5.74) is 0. The fraction of sp³-hybridized carbons (Fsp3) is 0.900. The molecule has 4 heteroatoms. The lowest BCUT2D eigenvalue weighted by Crippen LogP contribution is -2.41. The van der Waals surface area contributed by atoms with Gasteiger partial charge in [0.15, 0.2) is 0 Å². The molecule has 1 aliphatic carbocycles. The van der Waals surface area contributed by atoms with Crippen molar-refractivity contribution in [3.8, 4) is 0 Å². The lowest BCUT2D eigenvalue weighted by molar-refractivity contribution is -0.129. The largest absolute Gasteiger partial charge is 0.396 e. The van der Waals surface area contributed by atoms with Crippen LogP contribution in [0.3, 0.4) is 0 Å². The van der Waals surface area contributed by atoms with Gasteiger partial charge in [0, 0.05) is 24.8 Å². The maximum absolute atomic E-state index is 11.4. The van der Waals surface area contributed by atoms with Crippen LogP contribution >= 0.6 is 11.8 Å². The van der Waals surface area contributed by atoms with E-state index in [-0.39, 0.29) is 18.6 Å². The number of aliphatic hydroxyl groups is 1. The fourth-order valence-corrected chi connectivity index (χ4v) is 2.20. The number of hydrogen-bond donors (Lipinski definition) is 1. The first-order valence-corrected chi connectivity index (χ1v) is 5.63. The minimum absolute atomic E-state index is 0.0304. The van der Waals surface area contributed by atoms with E-state index in [1.165, 1.54) is 10.8 Å². The van der Waals surface area contributed by atoms with Crippen molar-refractivity contribution in [2.75, 3.05) is 6.61 Å². The van der Waals surface area contributed by atoms with E-state index in [1.54, 1.807) is 6.92 Å².